The second-order valence-electron chi connectivity index (χ2n) is 2.29. The minimum atomic E-state index is -0.00343. The molecule has 0 spiro atoms. The van der Waals surface area contributed by atoms with Gasteiger partial charge < -0.3 is 10.3 Å². The second-order valence-corrected chi connectivity index (χ2v) is 3.10. The first-order valence-corrected chi connectivity index (χ1v) is 3.85. The molecule has 10 heavy (non-hydrogen) atoms. The molecule has 1 heterocycles. The van der Waals surface area contributed by atoms with E-state index in [4.69, 9.17) is 5.73 Å². The smallest absolute Gasteiger partial charge is 0.125 e. The van der Waals surface area contributed by atoms with Crippen LogP contribution in [0.3, 0.4) is 0 Å². The highest BCUT2D eigenvalue weighted by Gasteiger charge is 2.06. The predicted molar refractivity (Wildman–Crippen MR) is 43.5 cm³/mol. The molecule has 3 nitrogen and oxygen atoms in total. The molecule has 0 amide bonds. The van der Waals surface area contributed by atoms with Gasteiger partial charge in [-0.3, -0.25) is 0 Å². The predicted octanol–water partition coefficient (Wildman–Crippen LogP) is 1.20. The summed E-state index contributed by atoms with van der Waals surface area (Å²) in [4.78, 5) is 4.11. The molecule has 1 aromatic heterocycles. The molecule has 0 aliphatic rings. The maximum atomic E-state index is 5.62. The minimum absolute atomic E-state index is 0.00343. The fraction of sp³-hybridized carbons (Fsp3) is 0.500. The maximum Gasteiger partial charge on any atom is 0.125 e. The molecule has 0 saturated heterocycles. The lowest BCUT2D eigenvalue weighted by molar-refractivity contribution is 0.681. The van der Waals surface area contributed by atoms with Crippen molar-refractivity contribution in [2.75, 3.05) is 0 Å². The third-order valence-corrected chi connectivity index (χ3v) is 2.11. The molecular formula is C6H10BrN3. The van der Waals surface area contributed by atoms with Gasteiger partial charge in [-0.05, 0) is 22.9 Å². The summed E-state index contributed by atoms with van der Waals surface area (Å²) in [7, 11) is 1.93. The van der Waals surface area contributed by atoms with Gasteiger partial charge in [0, 0.05) is 7.05 Å². The Morgan fingerprint density at radius 2 is 2.40 bits per heavy atom. The summed E-state index contributed by atoms with van der Waals surface area (Å²) in [5, 5.41) is 0. The number of aromatic nitrogens is 2. The molecule has 2 N–H and O–H groups in total. The lowest BCUT2D eigenvalue weighted by Gasteiger charge is -2.04. The molecule has 0 unspecified atom stereocenters. The largest absolute Gasteiger partial charge is 0.325 e. The first-order valence-electron chi connectivity index (χ1n) is 3.05. The Bertz CT molecular complexity index is 229. The van der Waals surface area contributed by atoms with Crippen molar-refractivity contribution in [2.24, 2.45) is 12.8 Å². The van der Waals surface area contributed by atoms with Crippen LogP contribution in [0.25, 0.3) is 0 Å². The van der Waals surface area contributed by atoms with Crippen molar-refractivity contribution in [3.63, 3.8) is 0 Å². The fourth-order valence-electron chi connectivity index (χ4n) is 0.825. The summed E-state index contributed by atoms with van der Waals surface area (Å²) in [6, 6.07) is -0.00343. The number of nitrogens with two attached hydrogens (primary N) is 1. The molecule has 0 saturated carbocycles. The molecule has 0 aliphatic heterocycles. The van der Waals surface area contributed by atoms with Gasteiger partial charge in [0.05, 0.1) is 12.2 Å². The van der Waals surface area contributed by atoms with Crippen LogP contribution in [-0.4, -0.2) is 9.55 Å². The highest BCUT2D eigenvalue weighted by atomic mass is 79.9. The van der Waals surface area contributed by atoms with Crippen LogP contribution in [0, 0.1) is 0 Å². The van der Waals surface area contributed by atoms with Crippen molar-refractivity contribution < 1.29 is 0 Å². The lowest BCUT2D eigenvalue weighted by Crippen LogP contribution is -2.11. The van der Waals surface area contributed by atoms with E-state index in [1.807, 2.05) is 18.5 Å². The number of rotatable bonds is 1. The van der Waals surface area contributed by atoms with Crippen molar-refractivity contribution in [1.29, 1.82) is 0 Å². The number of nitrogens with zero attached hydrogens (tertiary/aromatic N) is 2. The zero-order valence-electron chi connectivity index (χ0n) is 6.00. The summed E-state index contributed by atoms with van der Waals surface area (Å²) >= 11 is 3.33. The zero-order valence-corrected chi connectivity index (χ0v) is 7.59. The van der Waals surface area contributed by atoms with Crippen LogP contribution in [0.1, 0.15) is 18.8 Å². The van der Waals surface area contributed by atoms with Crippen LogP contribution in [0.4, 0.5) is 0 Å². The van der Waals surface area contributed by atoms with Crippen molar-refractivity contribution in [3.05, 3.63) is 16.6 Å². The van der Waals surface area contributed by atoms with Crippen LogP contribution in [0.5, 0.6) is 0 Å². The number of hydrogen-bond donors (Lipinski definition) is 1. The Morgan fingerprint density at radius 1 is 1.80 bits per heavy atom. The minimum Gasteiger partial charge on any atom is -0.325 e. The monoisotopic (exact) mass is 203 g/mol. The van der Waals surface area contributed by atoms with Gasteiger partial charge in [0.15, 0.2) is 0 Å². The molecule has 0 fully saturated rings. The van der Waals surface area contributed by atoms with Crippen LogP contribution in [0.2, 0.25) is 0 Å². The van der Waals surface area contributed by atoms with Gasteiger partial charge in [0.2, 0.25) is 0 Å². The Morgan fingerprint density at radius 3 is 2.60 bits per heavy atom. The van der Waals surface area contributed by atoms with Gasteiger partial charge in [-0.15, -0.1) is 0 Å². The highest BCUT2D eigenvalue weighted by molar-refractivity contribution is 9.10. The summed E-state index contributed by atoms with van der Waals surface area (Å²) in [6.45, 7) is 1.91. The highest BCUT2D eigenvalue weighted by Crippen LogP contribution is 2.13. The van der Waals surface area contributed by atoms with Crippen molar-refractivity contribution in [1.82, 2.24) is 9.55 Å². The van der Waals surface area contributed by atoms with E-state index in [1.54, 1.807) is 6.20 Å². The average molecular weight is 204 g/mol. The van der Waals surface area contributed by atoms with E-state index < -0.39 is 0 Å². The van der Waals surface area contributed by atoms with Crippen LogP contribution < -0.4 is 5.73 Å². The quantitative estimate of drug-likeness (QED) is 0.746. The maximum absolute atomic E-state index is 5.62. The second kappa shape index (κ2) is 2.72. The lowest BCUT2D eigenvalue weighted by atomic mass is 10.3. The van der Waals surface area contributed by atoms with E-state index in [-0.39, 0.29) is 6.04 Å². The van der Waals surface area contributed by atoms with E-state index >= 15 is 0 Å². The number of halogens is 1. The first-order chi connectivity index (χ1) is 4.63. The normalized spacial score (nSPS) is 13.6. The van der Waals surface area contributed by atoms with Crippen LogP contribution >= 0.6 is 15.9 Å². The molecule has 1 rings (SSSR count). The number of hydrogen-bond acceptors (Lipinski definition) is 2. The van der Waals surface area contributed by atoms with E-state index in [0.29, 0.717) is 0 Å². The van der Waals surface area contributed by atoms with Crippen molar-refractivity contribution >= 4 is 15.9 Å². The molecule has 0 bridgehead atoms. The Labute approximate surface area is 68.4 Å². The molecule has 56 valence electrons. The van der Waals surface area contributed by atoms with E-state index in [2.05, 4.69) is 20.9 Å². The zero-order chi connectivity index (χ0) is 7.72. The van der Waals surface area contributed by atoms with Gasteiger partial charge in [-0.25, -0.2) is 4.98 Å². The first kappa shape index (κ1) is 7.75. The number of imidazole rings is 1. The molecular weight excluding hydrogens is 194 g/mol. The molecule has 0 aromatic carbocycles. The molecule has 1 aromatic rings. The third-order valence-electron chi connectivity index (χ3n) is 1.37. The van der Waals surface area contributed by atoms with Crippen molar-refractivity contribution in [2.45, 2.75) is 13.0 Å². The summed E-state index contributed by atoms with van der Waals surface area (Å²) in [5.74, 6) is 0.895. The molecule has 0 aliphatic carbocycles. The third kappa shape index (κ3) is 1.22. The average Bonchev–Trinajstić information content (AvgIpc) is 2.14. The van der Waals surface area contributed by atoms with Gasteiger partial charge in [0.25, 0.3) is 0 Å². The SMILES string of the molecule is C[C@@H](N)c1ncc(Br)n1C. The molecule has 1 atom stereocenters. The van der Waals surface area contributed by atoms with Gasteiger partial charge in [-0.2, -0.15) is 0 Å². The summed E-state index contributed by atoms with van der Waals surface area (Å²) in [6.07, 6.45) is 1.75. The topological polar surface area (TPSA) is 43.8 Å². The van der Waals surface area contributed by atoms with E-state index in [1.165, 1.54) is 0 Å². The van der Waals surface area contributed by atoms with Gasteiger partial charge in [0.1, 0.15) is 10.4 Å². The van der Waals surface area contributed by atoms with Crippen molar-refractivity contribution in [3.8, 4) is 0 Å². The Balaban J connectivity index is 3.05. The summed E-state index contributed by atoms with van der Waals surface area (Å²) < 4.78 is 2.88. The van der Waals surface area contributed by atoms with E-state index in [0.717, 1.165) is 10.4 Å². The molecule has 0 radical (unpaired) electrons. The summed E-state index contributed by atoms with van der Waals surface area (Å²) in [5.41, 5.74) is 5.62. The van der Waals surface area contributed by atoms with Crippen LogP contribution in [0.15, 0.2) is 10.8 Å². The Hall–Kier alpha value is -0.350. The van der Waals surface area contributed by atoms with Gasteiger partial charge in [-0.1, -0.05) is 0 Å². The van der Waals surface area contributed by atoms with Crippen LogP contribution in [-0.2, 0) is 7.05 Å². The van der Waals surface area contributed by atoms with Gasteiger partial charge >= 0.3 is 0 Å². The standard InChI is InChI=1S/C6H10BrN3/c1-4(8)6-9-3-5(7)10(6)2/h3-4H,8H2,1-2H3/t4-/m1/s1. The fourth-order valence-corrected chi connectivity index (χ4v) is 1.11. The van der Waals surface area contributed by atoms with E-state index in [9.17, 15) is 0 Å². The Kier molecular flexibility index (Phi) is 2.11. The molecule has 4 heteroatoms.